The quantitative estimate of drug-likeness (QED) is 0.720. The molecule has 1 saturated heterocycles. The van der Waals surface area contributed by atoms with E-state index in [1.807, 2.05) is 13.8 Å². The minimum Gasteiger partial charge on any atom is -0.365 e. The number of fused-ring (bicyclic) bond motifs is 1. The van der Waals surface area contributed by atoms with E-state index in [-0.39, 0.29) is 18.1 Å². The molecule has 2 aliphatic rings. The number of nitrogens with one attached hydrogen (secondary N) is 2. The van der Waals surface area contributed by atoms with Crippen LogP contribution in [-0.2, 0) is 22.4 Å². The van der Waals surface area contributed by atoms with E-state index in [4.69, 9.17) is 10.5 Å². The molecule has 0 saturated carbocycles. The minimum absolute atomic E-state index is 0.0660. The molecular formula is C16H24N3O3S+. The van der Waals surface area contributed by atoms with Crippen molar-refractivity contribution in [3.05, 3.63) is 16.0 Å². The number of carbonyl (C=O) groups is 2. The number of rotatable bonds is 4. The Balaban J connectivity index is 1.68. The number of hydrogen-bond donors (Lipinski definition) is 3. The Morgan fingerprint density at radius 3 is 2.65 bits per heavy atom. The Hall–Kier alpha value is -1.44. The predicted octanol–water partition coefficient (Wildman–Crippen LogP) is -0.0337. The number of aryl methyl sites for hydroxylation is 1. The summed E-state index contributed by atoms with van der Waals surface area (Å²) in [5.74, 6) is -0.510. The lowest BCUT2D eigenvalue weighted by Crippen LogP contribution is -3.16. The zero-order chi connectivity index (χ0) is 16.6. The van der Waals surface area contributed by atoms with Crippen LogP contribution in [0.4, 0.5) is 5.00 Å². The summed E-state index contributed by atoms with van der Waals surface area (Å²) < 4.78 is 5.70. The van der Waals surface area contributed by atoms with Crippen LogP contribution < -0.4 is 16.0 Å². The van der Waals surface area contributed by atoms with Gasteiger partial charge in [-0.2, -0.15) is 0 Å². The molecular weight excluding hydrogens is 314 g/mol. The van der Waals surface area contributed by atoms with E-state index in [0.29, 0.717) is 17.1 Å². The van der Waals surface area contributed by atoms with Crippen LogP contribution in [0.2, 0.25) is 0 Å². The third kappa shape index (κ3) is 3.57. The molecule has 0 radical (unpaired) electrons. The van der Waals surface area contributed by atoms with Crippen molar-refractivity contribution in [2.24, 2.45) is 5.73 Å². The van der Waals surface area contributed by atoms with Crippen LogP contribution in [0.25, 0.3) is 0 Å². The number of primary amides is 1. The summed E-state index contributed by atoms with van der Waals surface area (Å²) in [6.07, 6.45) is 3.23. The normalized spacial score (nSPS) is 26.8. The predicted molar refractivity (Wildman–Crippen MR) is 89.1 cm³/mol. The average molecular weight is 338 g/mol. The fourth-order valence-corrected chi connectivity index (χ4v) is 5.00. The lowest BCUT2D eigenvalue weighted by molar-refractivity contribution is -0.907. The van der Waals surface area contributed by atoms with Crippen molar-refractivity contribution in [3.63, 3.8) is 0 Å². The average Bonchev–Trinajstić information content (AvgIpc) is 2.96. The summed E-state index contributed by atoms with van der Waals surface area (Å²) >= 11 is 1.50. The molecule has 0 bridgehead atoms. The van der Waals surface area contributed by atoms with Crippen LogP contribution >= 0.6 is 11.3 Å². The van der Waals surface area contributed by atoms with Crippen molar-refractivity contribution < 1.29 is 19.2 Å². The monoisotopic (exact) mass is 338 g/mol. The van der Waals surface area contributed by atoms with Gasteiger partial charge in [0, 0.05) is 4.88 Å². The fraction of sp³-hybridized carbons (Fsp3) is 0.625. The number of amides is 2. The standard InChI is InChI=1S/C16H23N3O3S/c1-9-6-19(7-10(2)22-9)8-13(20)18-16-14(15(17)21)11-4-3-5-12(11)23-16/h9-10H,3-8H2,1-2H3,(H2,17,21)(H,18,20)/p+1. The Morgan fingerprint density at radius 1 is 1.30 bits per heavy atom. The highest BCUT2D eigenvalue weighted by atomic mass is 32.1. The highest BCUT2D eigenvalue weighted by molar-refractivity contribution is 7.17. The van der Waals surface area contributed by atoms with E-state index >= 15 is 0 Å². The van der Waals surface area contributed by atoms with Gasteiger partial charge < -0.3 is 20.7 Å². The molecule has 4 N–H and O–H groups in total. The second kappa shape index (κ2) is 6.59. The Kier molecular flexibility index (Phi) is 4.70. The van der Waals surface area contributed by atoms with Crippen molar-refractivity contribution in [1.82, 2.24) is 0 Å². The van der Waals surface area contributed by atoms with Crippen molar-refractivity contribution in [2.75, 3.05) is 25.0 Å². The Morgan fingerprint density at radius 2 is 2.00 bits per heavy atom. The number of hydrogen-bond acceptors (Lipinski definition) is 4. The molecule has 3 rings (SSSR count). The molecule has 7 heteroatoms. The summed E-state index contributed by atoms with van der Waals surface area (Å²) in [5, 5.41) is 3.54. The first-order chi connectivity index (χ1) is 10.9. The third-order valence-corrected chi connectivity index (χ3v) is 5.66. The minimum atomic E-state index is -0.444. The van der Waals surface area contributed by atoms with Gasteiger partial charge in [0.1, 0.15) is 30.3 Å². The lowest BCUT2D eigenvalue weighted by atomic mass is 10.1. The number of ether oxygens (including phenoxy) is 1. The number of morpholine rings is 1. The highest BCUT2D eigenvalue weighted by Crippen LogP contribution is 2.38. The van der Waals surface area contributed by atoms with Gasteiger partial charge >= 0.3 is 0 Å². The van der Waals surface area contributed by atoms with Gasteiger partial charge in [0.25, 0.3) is 11.8 Å². The second-order valence-corrected chi connectivity index (χ2v) is 7.67. The van der Waals surface area contributed by atoms with Crippen LogP contribution in [-0.4, -0.2) is 43.7 Å². The van der Waals surface area contributed by atoms with Gasteiger partial charge in [0.2, 0.25) is 0 Å². The molecule has 0 spiro atoms. The molecule has 2 atom stereocenters. The lowest BCUT2D eigenvalue weighted by Gasteiger charge is -2.31. The van der Waals surface area contributed by atoms with Crippen LogP contribution in [0.3, 0.4) is 0 Å². The van der Waals surface area contributed by atoms with E-state index in [1.165, 1.54) is 21.1 Å². The van der Waals surface area contributed by atoms with Crippen molar-refractivity contribution in [1.29, 1.82) is 0 Å². The summed E-state index contributed by atoms with van der Waals surface area (Å²) in [5.41, 5.74) is 7.09. The van der Waals surface area contributed by atoms with E-state index < -0.39 is 5.91 Å². The summed E-state index contributed by atoms with van der Waals surface area (Å²) in [6, 6.07) is 0. The first kappa shape index (κ1) is 16.4. The number of carbonyl (C=O) groups excluding carboxylic acids is 2. The third-order valence-electron chi connectivity index (χ3n) is 4.45. The number of thiophene rings is 1. The SMILES string of the molecule is CC1C[NH+](CC(=O)Nc2sc3c(c2C(N)=O)CCC3)CC(C)O1. The van der Waals surface area contributed by atoms with Gasteiger partial charge in [-0.25, -0.2) is 0 Å². The van der Waals surface area contributed by atoms with Crippen LogP contribution in [0.1, 0.15) is 41.1 Å². The van der Waals surface area contributed by atoms with Crippen molar-refractivity contribution in [3.8, 4) is 0 Å². The Bertz CT molecular complexity index is 618. The fourth-order valence-electron chi connectivity index (χ4n) is 3.68. The Labute approximate surface area is 140 Å². The topological polar surface area (TPSA) is 85.9 Å². The summed E-state index contributed by atoms with van der Waals surface area (Å²) in [6.45, 7) is 6.09. The molecule has 126 valence electrons. The maximum atomic E-state index is 12.4. The second-order valence-electron chi connectivity index (χ2n) is 6.57. The molecule has 1 aromatic heterocycles. The molecule has 0 aromatic carbocycles. The van der Waals surface area contributed by atoms with Crippen LogP contribution in [0, 0.1) is 0 Å². The molecule has 6 nitrogen and oxygen atoms in total. The van der Waals surface area contributed by atoms with Gasteiger partial charge in [-0.05, 0) is 38.7 Å². The first-order valence-electron chi connectivity index (χ1n) is 8.17. The molecule has 2 amide bonds. The van der Waals surface area contributed by atoms with Gasteiger partial charge in [0.15, 0.2) is 6.54 Å². The van der Waals surface area contributed by atoms with Gasteiger partial charge in [-0.15, -0.1) is 11.3 Å². The van der Waals surface area contributed by atoms with E-state index in [9.17, 15) is 9.59 Å². The summed E-state index contributed by atoms with van der Waals surface area (Å²) in [4.78, 5) is 26.5. The maximum Gasteiger partial charge on any atom is 0.280 e. The van der Waals surface area contributed by atoms with Crippen molar-refractivity contribution in [2.45, 2.75) is 45.3 Å². The van der Waals surface area contributed by atoms with E-state index in [0.717, 1.165) is 37.9 Å². The highest BCUT2D eigenvalue weighted by Gasteiger charge is 2.29. The number of nitrogens with two attached hydrogens (primary N) is 1. The van der Waals surface area contributed by atoms with Gasteiger partial charge in [-0.3, -0.25) is 9.59 Å². The van der Waals surface area contributed by atoms with E-state index in [2.05, 4.69) is 5.32 Å². The van der Waals surface area contributed by atoms with Crippen LogP contribution in [0.15, 0.2) is 0 Å². The molecule has 1 aromatic rings. The number of quaternary nitrogens is 1. The zero-order valence-electron chi connectivity index (χ0n) is 13.6. The molecule has 1 aliphatic heterocycles. The zero-order valence-corrected chi connectivity index (χ0v) is 14.4. The van der Waals surface area contributed by atoms with Crippen molar-refractivity contribution >= 4 is 28.2 Å². The largest absolute Gasteiger partial charge is 0.365 e. The molecule has 1 fully saturated rings. The summed E-state index contributed by atoms with van der Waals surface area (Å²) in [7, 11) is 0. The maximum absolute atomic E-state index is 12.4. The smallest absolute Gasteiger partial charge is 0.280 e. The van der Waals surface area contributed by atoms with E-state index in [1.54, 1.807) is 0 Å². The molecule has 23 heavy (non-hydrogen) atoms. The first-order valence-corrected chi connectivity index (χ1v) is 8.99. The number of anilines is 1. The molecule has 2 unspecified atom stereocenters. The molecule has 2 heterocycles. The van der Waals surface area contributed by atoms with Crippen LogP contribution in [0.5, 0.6) is 0 Å². The van der Waals surface area contributed by atoms with Gasteiger partial charge in [0.05, 0.1) is 5.56 Å². The van der Waals surface area contributed by atoms with Gasteiger partial charge in [-0.1, -0.05) is 0 Å². The molecule has 1 aliphatic carbocycles.